The van der Waals surface area contributed by atoms with E-state index in [0.717, 1.165) is 16.4 Å². The molecule has 0 aliphatic carbocycles. The minimum atomic E-state index is -4.02. The maximum absolute atomic E-state index is 14.8. The smallest absolute Gasteiger partial charge is 0.301 e. The van der Waals surface area contributed by atoms with Crippen LogP contribution in [0.2, 0.25) is 0 Å². The number of hydrogen-bond acceptors (Lipinski definition) is 5. The van der Waals surface area contributed by atoms with Crippen LogP contribution < -0.4 is 15.4 Å². The molecular formula is C18H19F2N5O4S. The Kier molecular flexibility index (Phi) is 6.27. The SMILES string of the molecule is CC(=O)Nc1ccc(NC(=O)c2c(F)ccc(NS(=O)(=O)N3CCCC3)c2F)cn1. The maximum Gasteiger partial charge on any atom is 0.301 e. The molecule has 1 aliphatic heterocycles. The summed E-state index contributed by atoms with van der Waals surface area (Å²) in [6, 6.07) is 4.49. The Bertz CT molecular complexity index is 1070. The highest BCUT2D eigenvalue weighted by Gasteiger charge is 2.28. The van der Waals surface area contributed by atoms with Crippen molar-refractivity contribution in [2.24, 2.45) is 0 Å². The average molecular weight is 439 g/mol. The molecule has 2 amide bonds. The summed E-state index contributed by atoms with van der Waals surface area (Å²) in [5.41, 5.74) is -1.36. The quantitative estimate of drug-likeness (QED) is 0.638. The predicted octanol–water partition coefficient (Wildman–Crippen LogP) is 2.32. The summed E-state index contributed by atoms with van der Waals surface area (Å²) in [5.74, 6) is -3.72. The van der Waals surface area contributed by atoms with Gasteiger partial charge in [-0.25, -0.2) is 13.8 Å². The Morgan fingerprint density at radius 3 is 2.37 bits per heavy atom. The standard InChI is InChI=1S/C18H19F2N5O4S/c1-11(26)22-15-7-4-12(10-21-15)23-18(27)16-13(19)5-6-14(17(16)20)24-30(28,29)25-8-2-3-9-25/h4-7,10,24H,2-3,8-9H2,1H3,(H,23,27)(H,21,22,26). The predicted molar refractivity (Wildman–Crippen MR) is 106 cm³/mol. The molecule has 1 aromatic heterocycles. The molecule has 0 saturated carbocycles. The maximum atomic E-state index is 14.8. The molecule has 30 heavy (non-hydrogen) atoms. The average Bonchev–Trinajstić information content (AvgIpc) is 3.21. The first-order chi connectivity index (χ1) is 14.2. The topological polar surface area (TPSA) is 120 Å². The van der Waals surface area contributed by atoms with Crippen LogP contribution in [0.25, 0.3) is 0 Å². The second-order valence-corrected chi connectivity index (χ2v) is 8.24. The van der Waals surface area contributed by atoms with Gasteiger partial charge in [0, 0.05) is 20.0 Å². The zero-order valence-corrected chi connectivity index (χ0v) is 16.7. The second-order valence-electron chi connectivity index (χ2n) is 6.56. The molecule has 3 rings (SSSR count). The molecule has 1 aromatic carbocycles. The van der Waals surface area contributed by atoms with E-state index in [-0.39, 0.29) is 17.4 Å². The molecule has 1 saturated heterocycles. The minimum Gasteiger partial charge on any atom is -0.320 e. The van der Waals surface area contributed by atoms with Gasteiger partial charge in [0.25, 0.3) is 5.91 Å². The summed E-state index contributed by atoms with van der Waals surface area (Å²) >= 11 is 0. The van der Waals surface area contributed by atoms with Crippen molar-refractivity contribution in [2.45, 2.75) is 19.8 Å². The van der Waals surface area contributed by atoms with Crippen LogP contribution in [-0.2, 0) is 15.0 Å². The highest BCUT2D eigenvalue weighted by molar-refractivity contribution is 7.90. The third-order valence-corrected chi connectivity index (χ3v) is 5.81. The molecular weight excluding hydrogens is 420 g/mol. The van der Waals surface area contributed by atoms with Gasteiger partial charge in [0.05, 0.1) is 17.6 Å². The van der Waals surface area contributed by atoms with Crippen molar-refractivity contribution in [2.75, 3.05) is 28.4 Å². The lowest BCUT2D eigenvalue weighted by Crippen LogP contribution is -2.33. The molecule has 9 nitrogen and oxygen atoms in total. The summed E-state index contributed by atoms with van der Waals surface area (Å²) in [5, 5.41) is 4.72. The molecule has 2 heterocycles. The third-order valence-electron chi connectivity index (χ3n) is 4.29. The first kappa shape index (κ1) is 21.6. The summed E-state index contributed by atoms with van der Waals surface area (Å²) in [6.45, 7) is 1.90. The van der Waals surface area contributed by atoms with Gasteiger partial charge in [0.1, 0.15) is 17.2 Å². The van der Waals surface area contributed by atoms with Crippen molar-refractivity contribution in [1.29, 1.82) is 0 Å². The number of pyridine rings is 1. The molecule has 160 valence electrons. The lowest BCUT2D eigenvalue weighted by atomic mass is 10.1. The fourth-order valence-corrected chi connectivity index (χ4v) is 4.19. The lowest BCUT2D eigenvalue weighted by molar-refractivity contribution is -0.114. The van der Waals surface area contributed by atoms with Crippen molar-refractivity contribution in [1.82, 2.24) is 9.29 Å². The summed E-state index contributed by atoms with van der Waals surface area (Å²) < 4.78 is 56.9. The van der Waals surface area contributed by atoms with Gasteiger partial charge in [-0.15, -0.1) is 0 Å². The Morgan fingerprint density at radius 2 is 1.77 bits per heavy atom. The van der Waals surface area contributed by atoms with Crippen molar-refractivity contribution in [3.05, 3.63) is 47.7 Å². The molecule has 0 bridgehead atoms. The zero-order chi connectivity index (χ0) is 21.9. The number of anilines is 3. The number of carbonyl (C=O) groups is 2. The van der Waals surface area contributed by atoms with Crippen molar-refractivity contribution in [3.8, 4) is 0 Å². The fraction of sp³-hybridized carbons (Fsp3) is 0.278. The number of nitrogens with zero attached hydrogens (tertiary/aromatic N) is 2. The summed E-state index contributed by atoms with van der Waals surface area (Å²) in [7, 11) is -4.02. The van der Waals surface area contributed by atoms with E-state index in [9.17, 15) is 26.8 Å². The molecule has 0 unspecified atom stereocenters. The molecule has 0 spiro atoms. The summed E-state index contributed by atoms with van der Waals surface area (Å²) in [6.07, 6.45) is 2.57. The van der Waals surface area contributed by atoms with Crippen LogP contribution in [0.3, 0.4) is 0 Å². The van der Waals surface area contributed by atoms with E-state index in [1.165, 1.54) is 25.3 Å². The first-order valence-corrected chi connectivity index (χ1v) is 10.4. The van der Waals surface area contributed by atoms with E-state index in [0.29, 0.717) is 25.9 Å². The van der Waals surface area contributed by atoms with Gasteiger partial charge in [-0.05, 0) is 37.1 Å². The molecule has 12 heteroatoms. The van der Waals surface area contributed by atoms with Crippen LogP contribution in [0.15, 0.2) is 30.5 Å². The highest BCUT2D eigenvalue weighted by Crippen LogP contribution is 2.25. The van der Waals surface area contributed by atoms with Crippen LogP contribution in [0.1, 0.15) is 30.1 Å². The monoisotopic (exact) mass is 439 g/mol. The molecule has 1 aliphatic rings. The van der Waals surface area contributed by atoms with Gasteiger partial charge in [-0.2, -0.15) is 12.7 Å². The van der Waals surface area contributed by atoms with Crippen molar-refractivity contribution < 1.29 is 26.8 Å². The van der Waals surface area contributed by atoms with Crippen molar-refractivity contribution >= 4 is 39.2 Å². The highest BCUT2D eigenvalue weighted by atomic mass is 32.2. The van der Waals surface area contributed by atoms with E-state index >= 15 is 0 Å². The number of halogens is 2. The number of rotatable bonds is 6. The fourth-order valence-electron chi connectivity index (χ4n) is 2.89. The van der Waals surface area contributed by atoms with Crippen LogP contribution >= 0.6 is 0 Å². The van der Waals surface area contributed by atoms with Gasteiger partial charge in [-0.3, -0.25) is 14.3 Å². The minimum absolute atomic E-state index is 0.121. The molecule has 0 radical (unpaired) electrons. The number of aromatic nitrogens is 1. The first-order valence-electron chi connectivity index (χ1n) is 8.98. The van der Waals surface area contributed by atoms with Gasteiger partial charge in [-0.1, -0.05) is 0 Å². The van der Waals surface area contributed by atoms with Gasteiger partial charge < -0.3 is 10.6 Å². The zero-order valence-electron chi connectivity index (χ0n) is 15.9. The van der Waals surface area contributed by atoms with Crippen LogP contribution in [-0.4, -0.2) is 42.6 Å². The number of hydrogen-bond donors (Lipinski definition) is 3. The molecule has 2 aromatic rings. The van der Waals surface area contributed by atoms with E-state index in [4.69, 9.17) is 0 Å². The number of carbonyl (C=O) groups excluding carboxylic acids is 2. The van der Waals surface area contributed by atoms with Crippen LogP contribution in [0.5, 0.6) is 0 Å². The molecule has 3 N–H and O–H groups in total. The van der Waals surface area contributed by atoms with Gasteiger partial charge in [0.2, 0.25) is 5.91 Å². The molecule has 0 atom stereocenters. The lowest BCUT2D eigenvalue weighted by Gasteiger charge is -2.18. The largest absolute Gasteiger partial charge is 0.320 e. The van der Waals surface area contributed by atoms with Gasteiger partial charge >= 0.3 is 10.2 Å². The summed E-state index contributed by atoms with van der Waals surface area (Å²) in [4.78, 5) is 27.3. The normalized spacial score (nSPS) is 14.4. The molecule has 1 fully saturated rings. The number of amides is 2. The van der Waals surface area contributed by atoms with E-state index in [1.807, 2.05) is 0 Å². The van der Waals surface area contributed by atoms with Crippen LogP contribution in [0, 0.1) is 11.6 Å². The van der Waals surface area contributed by atoms with Crippen molar-refractivity contribution in [3.63, 3.8) is 0 Å². The van der Waals surface area contributed by atoms with E-state index < -0.39 is 39.0 Å². The Balaban J connectivity index is 1.80. The second kappa shape index (κ2) is 8.71. The number of nitrogens with one attached hydrogen (secondary N) is 3. The Labute approximate surface area is 171 Å². The Morgan fingerprint density at radius 1 is 1.07 bits per heavy atom. The van der Waals surface area contributed by atoms with E-state index in [1.54, 1.807) is 0 Å². The van der Waals surface area contributed by atoms with Gasteiger partial charge in [0.15, 0.2) is 5.82 Å². The van der Waals surface area contributed by atoms with E-state index in [2.05, 4.69) is 20.3 Å². The van der Waals surface area contributed by atoms with Crippen LogP contribution in [0.4, 0.5) is 26.0 Å². The Hall–Kier alpha value is -3.12. The number of benzene rings is 1. The third kappa shape index (κ3) is 4.89.